The number of methoxy groups -OCH3 is 1. The highest BCUT2D eigenvalue weighted by molar-refractivity contribution is 9.10. The lowest BCUT2D eigenvalue weighted by Gasteiger charge is -2.37. The first kappa shape index (κ1) is 20.4. The minimum atomic E-state index is -0.799. The van der Waals surface area contributed by atoms with Gasteiger partial charge in [-0.3, -0.25) is 9.59 Å². The molecule has 0 spiro atoms. The van der Waals surface area contributed by atoms with Gasteiger partial charge in [-0.1, -0.05) is 29.8 Å². The number of carbonyl (C=O) groups excluding carboxylic acids is 3. The maximum atomic E-state index is 13.0. The molecule has 2 rings (SSSR count). The number of halogens is 1. The molecule has 1 unspecified atom stereocenters. The van der Waals surface area contributed by atoms with Crippen LogP contribution in [-0.2, 0) is 19.1 Å². The van der Waals surface area contributed by atoms with Crippen molar-refractivity contribution in [2.45, 2.75) is 25.9 Å². The molecule has 1 N–H and O–H groups in total. The van der Waals surface area contributed by atoms with E-state index in [9.17, 15) is 14.4 Å². The lowest BCUT2D eigenvalue weighted by atomic mass is 10.0. The molecule has 142 valence electrons. The summed E-state index contributed by atoms with van der Waals surface area (Å²) >= 11 is 3.32. The molecule has 0 saturated carbocycles. The molecule has 1 aromatic carbocycles. The number of ether oxygens (including phenoxy) is 2. The Kier molecular flexibility index (Phi) is 7.16. The van der Waals surface area contributed by atoms with E-state index >= 15 is 0 Å². The molecule has 0 bridgehead atoms. The summed E-state index contributed by atoms with van der Waals surface area (Å²) < 4.78 is 10.9. The van der Waals surface area contributed by atoms with Crippen LogP contribution in [0.15, 0.2) is 28.7 Å². The van der Waals surface area contributed by atoms with E-state index in [-0.39, 0.29) is 30.9 Å². The van der Waals surface area contributed by atoms with Gasteiger partial charge in [0.2, 0.25) is 5.91 Å². The summed E-state index contributed by atoms with van der Waals surface area (Å²) in [6.07, 6.45) is 0. The molecule has 1 aromatic rings. The molecular formula is C18H23BrN2O5. The van der Waals surface area contributed by atoms with Gasteiger partial charge in [0.25, 0.3) is 5.91 Å². The Morgan fingerprint density at radius 2 is 1.92 bits per heavy atom. The van der Waals surface area contributed by atoms with Gasteiger partial charge in [-0.2, -0.15) is 0 Å². The lowest BCUT2D eigenvalue weighted by Crippen LogP contribution is -2.59. The number of nitrogens with one attached hydrogen (secondary N) is 1. The summed E-state index contributed by atoms with van der Waals surface area (Å²) in [6, 6.07) is 5.32. The zero-order valence-electron chi connectivity index (χ0n) is 15.0. The lowest BCUT2D eigenvalue weighted by molar-refractivity contribution is -0.162. The first-order valence-corrected chi connectivity index (χ1v) is 9.17. The molecule has 0 aliphatic carbocycles. The summed E-state index contributed by atoms with van der Waals surface area (Å²) in [5, 5.41) is 2.79. The van der Waals surface area contributed by atoms with Crippen LogP contribution in [-0.4, -0.2) is 61.6 Å². The van der Waals surface area contributed by atoms with Crippen LogP contribution in [0.3, 0.4) is 0 Å². The Morgan fingerprint density at radius 3 is 2.50 bits per heavy atom. The first-order chi connectivity index (χ1) is 12.3. The molecular weight excluding hydrogens is 404 g/mol. The second kappa shape index (κ2) is 9.14. The van der Waals surface area contributed by atoms with Crippen molar-refractivity contribution in [1.82, 2.24) is 10.2 Å². The number of esters is 1. The van der Waals surface area contributed by atoms with Crippen LogP contribution in [0.5, 0.6) is 0 Å². The quantitative estimate of drug-likeness (QED) is 0.722. The highest BCUT2D eigenvalue weighted by Gasteiger charge is 2.38. The van der Waals surface area contributed by atoms with Crippen LogP contribution >= 0.6 is 15.9 Å². The Morgan fingerprint density at radius 1 is 1.27 bits per heavy atom. The normalized spacial score (nSPS) is 18.3. The van der Waals surface area contributed by atoms with Gasteiger partial charge in [-0.25, -0.2) is 4.79 Å². The van der Waals surface area contributed by atoms with Gasteiger partial charge in [-0.15, -0.1) is 0 Å². The number of hydrogen-bond acceptors (Lipinski definition) is 5. The second-order valence-electron chi connectivity index (χ2n) is 6.35. The molecule has 2 amide bonds. The molecule has 1 aliphatic rings. The van der Waals surface area contributed by atoms with Gasteiger partial charge in [0.15, 0.2) is 6.04 Å². The highest BCUT2D eigenvalue weighted by atomic mass is 79.9. The minimum absolute atomic E-state index is 0.0872. The zero-order chi connectivity index (χ0) is 19.3. The van der Waals surface area contributed by atoms with Crippen molar-refractivity contribution in [2.24, 2.45) is 5.92 Å². The molecule has 0 radical (unpaired) electrons. The number of carbonyl (C=O) groups is 3. The van der Waals surface area contributed by atoms with Crippen molar-refractivity contribution in [3.63, 3.8) is 0 Å². The molecule has 1 aliphatic heterocycles. The third kappa shape index (κ3) is 4.82. The Hall–Kier alpha value is -1.93. The van der Waals surface area contributed by atoms with Crippen LogP contribution in [0.2, 0.25) is 0 Å². The largest absolute Gasteiger partial charge is 0.467 e. The average molecular weight is 427 g/mol. The second-order valence-corrected chi connectivity index (χ2v) is 7.26. The predicted octanol–water partition coefficient (Wildman–Crippen LogP) is 1.60. The molecule has 0 aromatic heterocycles. The monoisotopic (exact) mass is 426 g/mol. The maximum Gasteiger partial charge on any atom is 0.331 e. The van der Waals surface area contributed by atoms with Gasteiger partial charge in [-0.05, 0) is 30.2 Å². The fraction of sp³-hybridized carbons (Fsp3) is 0.500. The van der Waals surface area contributed by atoms with E-state index in [4.69, 9.17) is 9.47 Å². The number of nitrogens with zero attached hydrogens (tertiary/aromatic N) is 1. The van der Waals surface area contributed by atoms with Crippen LogP contribution in [0.25, 0.3) is 0 Å². The van der Waals surface area contributed by atoms with E-state index in [0.29, 0.717) is 12.2 Å². The van der Waals surface area contributed by atoms with Crippen LogP contribution in [0.1, 0.15) is 24.2 Å². The highest BCUT2D eigenvalue weighted by Crippen LogP contribution is 2.16. The molecule has 26 heavy (non-hydrogen) atoms. The molecule has 1 heterocycles. The van der Waals surface area contributed by atoms with E-state index in [0.717, 1.165) is 4.47 Å². The fourth-order valence-corrected chi connectivity index (χ4v) is 2.98. The van der Waals surface area contributed by atoms with Crippen molar-refractivity contribution < 1.29 is 23.9 Å². The summed E-state index contributed by atoms with van der Waals surface area (Å²) in [6.45, 7) is 4.39. The standard InChI is InChI=1S/C18H23BrN2O5/c1-11(2)15(20-16(22)12-4-6-13(19)7-5-12)17(23)21-8-9-26-10-14(21)18(24)25-3/h4-7,11,14-15H,8-10H2,1-3H3,(H,20,22)/t14-,15?/m0/s1. The van der Waals surface area contributed by atoms with Gasteiger partial charge in [0.1, 0.15) is 6.04 Å². The Bertz CT molecular complexity index is 662. The van der Waals surface area contributed by atoms with Gasteiger partial charge in [0, 0.05) is 16.6 Å². The zero-order valence-corrected chi connectivity index (χ0v) is 16.6. The fourth-order valence-electron chi connectivity index (χ4n) is 2.72. The van der Waals surface area contributed by atoms with Crippen molar-refractivity contribution in [3.8, 4) is 0 Å². The van der Waals surface area contributed by atoms with E-state index in [1.807, 2.05) is 13.8 Å². The Labute approximate surface area is 161 Å². The van der Waals surface area contributed by atoms with E-state index in [1.165, 1.54) is 12.0 Å². The SMILES string of the molecule is COC(=O)[C@@H]1COCCN1C(=O)C(NC(=O)c1ccc(Br)cc1)C(C)C. The van der Waals surface area contributed by atoms with Crippen molar-refractivity contribution in [3.05, 3.63) is 34.3 Å². The average Bonchev–Trinajstić information content (AvgIpc) is 2.65. The summed E-state index contributed by atoms with van der Waals surface area (Å²) in [5.41, 5.74) is 0.457. The third-order valence-corrected chi connectivity index (χ3v) is 4.74. The maximum absolute atomic E-state index is 13.0. The van der Waals surface area contributed by atoms with Gasteiger partial charge >= 0.3 is 5.97 Å². The van der Waals surface area contributed by atoms with Gasteiger partial charge < -0.3 is 19.7 Å². The van der Waals surface area contributed by atoms with Crippen LogP contribution in [0, 0.1) is 5.92 Å². The molecule has 1 fully saturated rings. The van der Waals surface area contributed by atoms with E-state index < -0.39 is 18.1 Å². The number of rotatable bonds is 5. The number of hydrogen-bond donors (Lipinski definition) is 1. The summed E-state index contributed by atoms with van der Waals surface area (Å²) in [5.74, 6) is -1.33. The summed E-state index contributed by atoms with van der Waals surface area (Å²) in [4.78, 5) is 38.9. The first-order valence-electron chi connectivity index (χ1n) is 8.37. The third-order valence-electron chi connectivity index (χ3n) is 4.21. The van der Waals surface area contributed by atoms with Crippen molar-refractivity contribution in [1.29, 1.82) is 0 Å². The molecule has 2 atom stereocenters. The van der Waals surface area contributed by atoms with Crippen molar-refractivity contribution in [2.75, 3.05) is 26.9 Å². The van der Waals surface area contributed by atoms with E-state index in [2.05, 4.69) is 21.2 Å². The molecule has 7 nitrogen and oxygen atoms in total. The molecule has 8 heteroatoms. The molecule has 1 saturated heterocycles. The topological polar surface area (TPSA) is 84.9 Å². The Balaban J connectivity index is 2.16. The van der Waals surface area contributed by atoms with Crippen LogP contribution in [0.4, 0.5) is 0 Å². The van der Waals surface area contributed by atoms with Crippen LogP contribution < -0.4 is 5.32 Å². The van der Waals surface area contributed by atoms with Crippen molar-refractivity contribution >= 4 is 33.7 Å². The smallest absolute Gasteiger partial charge is 0.331 e. The predicted molar refractivity (Wildman–Crippen MR) is 98.6 cm³/mol. The van der Waals surface area contributed by atoms with Gasteiger partial charge in [0.05, 0.1) is 20.3 Å². The number of benzene rings is 1. The number of morpholine rings is 1. The van der Waals surface area contributed by atoms with E-state index in [1.54, 1.807) is 24.3 Å². The number of amides is 2. The summed E-state index contributed by atoms with van der Waals surface area (Å²) in [7, 11) is 1.27. The minimum Gasteiger partial charge on any atom is -0.467 e.